The minimum absolute atomic E-state index is 0.103. The lowest BCUT2D eigenvalue weighted by Gasteiger charge is -2.19. The average Bonchev–Trinajstić information content (AvgIpc) is 2.29. The van der Waals surface area contributed by atoms with E-state index in [0.717, 1.165) is 4.90 Å². The zero-order valence-corrected chi connectivity index (χ0v) is 7.76. The summed E-state index contributed by atoms with van der Waals surface area (Å²) < 4.78 is 25.2. The number of nitrogens with two attached hydrogens (primary N) is 1. The second-order valence-electron chi connectivity index (χ2n) is 3.74. The number of hydrogen-bond acceptors (Lipinski definition) is 2. The fraction of sp³-hybridized carbons (Fsp3) is 0.875. The molecule has 1 heterocycles. The third kappa shape index (κ3) is 2.15. The number of carbonyl (C=O) groups excluding carboxylic acids is 1. The zero-order chi connectivity index (χ0) is 10.2. The molecule has 1 rings (SSSR count). The highest BCUT2D eigenvalue weighted by Crippen LogP contribution is 2.21. The molecule has 1 amide bonds. The molecule has 0 bridgehead atoms. The van der Waals surface area contributed by atoms with Crippen molar-refractivity contribution in [1.82, 2.24) is 4.90 Å². The van der Waals surface area contributed by atoms with Crippen molar-refractivity contribution in [3.05, 3.63) is 0 Å². The van der Waals surface area contributed by atoms with Crippen LogP contribution >= 0.6 is 0 Å². The number of amides is 1. The summed E-state index contributed by atoms with van der Waals surface area (Å²) in [6.45, 7) is 3.04. The molecular formula is C8H14F2N2O. The Hall–Kier alpha value is -0.710. The monoisotopic (exact) mass is 192 g/mol. The van der Waals surface area contributed by atoms with E-state index in [0.29, 0.717) is 13.5 Å². The fourth-order valence-electron chi connectivity index (χ4n) is 1.44. The van der Waals surface area contributed by atoms with Crippen molar-refractivity contribution < 1.29 is 13.6 Å². The number of rotatable bonds is 1. The minimum Gasteiger partial charge on any atom is -0.336 e. The SMILES string of the molecule is CC1CN(C(=O)C(C)(F)F)CC1N. The van der Waals surface area contributed by atoms with Gasteiger partial charge in [-0.3, -0.25) is 4.79 Å². The predicted molar refractivity (Wildman–Crippen MR) is 44.3 cm³/mol. The molecule has 0 radical (unpaired) electrons. The van der Waals surface area contributed by atoms with E-state index in [9.17, 15) is 13.6 Å². The van der Waals surface area contributed by atoms with Crippen molar-refractivity contribution in [2.45, 2.75) is 25.8 Å². The molecule has 1 saturated heterocycles. The first kappa shape index (κ1) is 10.4. The van der Waals surface area contributed by atoms with Crippen molar-refractivity contribution >= 4 is 5.91 Å². The van der Waals surface area contributed by atoms with E-state index in [-0.39, 0.29) is 18.5 Å². The lowest BCUT2D eigenvalue weighted by Crippen LogP contribution is -2.41. The van der Waals surface area contributed by atoms with Gasteiger partial charge in [0.1, 0.15) is 0 Å². The fourth-order valence-corrected chi connectivity index (χ4v) is 1.44. The van der Waals surface area contributed by atoms with Gasteiger partial charge in [0.05, 0.1) is 0 Å². The van der Waals surface area contributed by atoms with Crippen LogP contribution in [-0.4, -0.2) is 35.9 Å². The number of nitrogens with zero attached hydrogens (tertiary/aromatic N) is 1. The number of halogens is 2. The van der Waals surface area contributed by atoms with Gasteiger partial charge in [-0.15, -0.1) is 0 Å². The first-order chi connectivity index (χ1) is 5.82. The van der Waals surface area contributed by atoms with Gasteiger partial charge in [-0.1, -0.05) is 6.92 Å². The van der Waals surface area contributed by atoms with Crippen LogP contribution in [0.4, 0.5) is 8.78 Å². The summed E-state index contributed by atoms with van der Waals surface area (Å²) in [5.41, 5.74) is 5.61. The molecule has 2 unspecified atom stereocenters. The third-order valence-electron chi connectivity index (χ3n) is 2.33. The summed E-state index contributed by atoms with van der Waals surface area (Å²) in [5.74, 6) is -4.29. The van der Waals surface area contributed by atoms with E-state index in [2.05, 4.69) is 0 Å². The van der Waals surface area contributed by atoms with Crippen molar-refractivity contribution in [2.24, 2.45) is 11.7 Å². The summed E-state index contributed by atoms with van der Waals surface area (Å²) in [6.07, 6.45) is 0. The van der Waals surface area contributed by atoms with Gasteiger partial charge in [-0.05, 0) is 5.92 Å². The molecule has 3 nitrogen and oxygen atoms in total. The van der Waals surface area contributed by atoms with Crippen molar-refractivity contribution in [3.63, 3.8) is 0 Å². The van der Waals surface area contributed by atoms with Crippen molar-refractivity contribution in [2.75, 3.05) is 13.1 Å². The molecule has 0 aromatic heterocycles. The molecule has 2 N–H and O–H groups in total. The molecule has 2 atom stereocenters. The topological polar surface area (TPSA) is 46.3 Å². The summed E-state index contributed by atoms with van der Waals surface area (Å²) in [6, 6.07) is -0.175. The van der Waals surface area contributed by atoms with E-state index in [1.807, 2.05) is 6.92 Å². The molecule has 0 aromatic rings. The van der Waals surface area contributed by atoms with Crippen molar-refractivity contribution in [3.8, 4) is 0 Å². The Bertz CT molecular complexity index is 205. The van der Waals surface area contributed by atoms with Gasteiger partial charge in [0.15, 0.2) is 0 Å². The van der Waals surface area contributed by atoms with Gasteiger partial charge < -0.3 is 10.6 Å². The van der Waals surface area contributed by atoms with Crippen LogP contribution in [-0.2, 0) is 4.79 Å². The van der Waals surface area contributed by atoms with Crippen LogP contribution < -0.4 is 5.73 Å². The Kier molecular flexibility index (Phi) is 2.56. The summed E-state index contributed by atoms with van der Waals surface area (Å²) in [4.78, 5) is 12.2. The van der Waals surface area contributed by atoms with Gasteiger partial charge >= 0.3 is 5.92 Å². The van der Waals surface area contributed by atoms with Crippen LogP contribution in [0.25, 0.3) is 0 Å². The maximum absolute atomic E-state index is 12.6. The number of hydrogen-bond donors (Lipinski definition) is 1. The van der Waals surface area contributed by atoms with Crippen LogP contribution in [0.5, 0.6) is 0 Å². The molecule has 76 valence electrons. The summed E-state index contributed by atoms with van der Waals surface area (Å²) in [7, 11) is 0. The lowest BCUT2D eigenvalue weighted by atomic mass is 10.1. The predicted octanol–water partition coefficient (Wildman–Crippen LogP) is 0.447. The summed E-state index contributed by atoms with van der Waals surface area (Å²) >= 11 is 0. The van der Waals surface area contributed by atoms with E-state index in [4.69, 9.17) is 5.73 Å². The smallest absolute Gasteiger partial charge is 0.322 e. The van der Waals surface area contributed by atoms with Gasteiger partial charge in [-0.2, -0.15) is 8.78 Å². The van der Waals surface area contributed by atoms with Crippen LogP contribution in [0.15, 0.2) is 0 Å². The highest BCUT2D eigenvalue weighted by atomic mass is 19.3. The molecule has 1 aliphatic rings. The molecule has 5 heteroatoms. The van der Waals surface area contributed by atoms with Crippen LogP contribution in [0.3, 0.4) is 0 Å². The molecule has 0 aliphatic carbocycles. The molecule has 13 heavy (non-hydrogen) atoms. The Morgan fingerprint density at radius 3 is 2.38 bits per heavy atom. The van der Waals surface area contributed by atoms with E-state index in [1.165, 1.54) is 0 Å². The van der Waals surface area contributed by atoms with Crippen LogP contribution in [0, 0.1) is 5.92 Å². The van der Waals surface area contributed by atoms with Crippen molar-refractivity contribution in [1.29, 1.82) is 0 Å². The highest BCUT2D eigenvalue weighted by molar-refractivity contribution is 5.83. The van der Waals surface area contributed by atoms with E-state index < -0.39 is 11.8 Å². The molecule has 0 spiro atoms. The number of likely N-dealkylation sites (tertiary alicyclic amines) is 1. The Labute approximate surface area is 75.9 Å². The third-order valence-corrected chi connectivity index (χ3v) is 2.33. The van der Waals surface area contributed by atoms with Gasteiger partial charge in [0.2, 0.25) is 0 Å². The normalized spacial score (nSPS) is 29.5. The Morgan fingerprint density at radius 1 is 1.54 bits per heavy atom. The van der Waals surface area contributed by atoms with Crippen LogP contribution in [0.2, 0.25) is 0 Å². The number of alkyl halides is 2. The Balaban J connectivity index is 2.61. The lowest BCUT2D eigenvalue weighted by molar-refractivity contribution is -0.153. The second-order valence-corrected chi connectivity index (χ2v) is 3.74. The van der Waals surface area contributed by atoms with Gasteiger partial charge in [0, 0.05) is 26.1 Å². The Morgan fingerprint density at radius 2 is 2.08 bits per heavy atom. The quantitative estimate of drug-likeness (QED) is 0.655. The molecule has 0 saturated carbocycles. The molecular weight excluding hydrogens is 178 g/mol. The molecule has 1 fully saturated rings. The van der Waals surface area contributed by atoms with Gasteiger partial charge in [0.25, 0.3) is 5.91 Å². The highest BCUT2D eigenvalue weighted by Gasteiger charge is 2.40. The maximum atomic E-state index is 12.6. The maximum Gasteiger partial charge on any atom is 0.322 e. The number of carbonyl (C=O) groups is 1. The largest absolute Gasteiger partial charge is 0.336 e. The standard InChI is InChI=1S/C8H14F2N2O/c1-5-3-12(4-6(5)11)7(13)8(2,9)10/h5-6H,3-4,11H2,1-2H3. The van der Waals surface area contributed by atoms with E-state index >= 15 is 0 Å². The summed E-state index contributed by atoms with van der Waals surface area (Å²) in [5, 5.41) is 0. The molecule has 0 aromatic carbocycles. The molecule has 1 aliphatic heterocycles. The van der Waals surface area contributed by atoms with Crippen LogP contribution in [0.1, 0.15) is 13.8 Å². The first-order valence-electron chi connectivity index (χ1n) is 4.25. The second kappa shape index (κ2) is 3.21. The first-order valence-corrected chi connectivity index (χ1v) is 4.25. The zero-order valence-electron chi connectivity index (χ0n) is 7.76. The average molecular weight is 192 g/mol. The van der Waals surface area contributed by atoms with Gasteiger partial charge in [-0.25, -0.2) is 0 Å². The minimum atomic E-state index is -3.27. The van der Waals surface area contributed by atoms with E-state index in [1.54, 1.807) is 0 Å².